The molecule has 0 aliphatic rings. The Labute approximate surface area is 183 Å². The Bertz CT molecular complexity index is 480. The van der Waals surface area contributed by atoms with Crippen LogP contribution < -0.4 is 0 Å². The Morgan fingerprint density at radius 1 is 0.290 bits per heavy atom. The average molecular weight is 728 g/mol. The Hall–Kier alpha value is 1.21. The third kappa shape index (κ3) is 18200. The van der Waals surface area contributed by atoms with Crippen molar-refractivity contribution < 1.29 is 111 Å². The Kier molecular flexibility index (Phi) is 32.8. The molecule has 0 heterocycles. The lowest BCUT2D eigenvalue weighted by Crippen LogP contribution is -1.56. The quantitative estimate of drug-likeness (QED) is 0.0936. The van der Waals surface area contributed by atoms with Crippen molar-refractivity contribution in [3.63, 3.8) is 0 Å². The van der Waals surface area contributed by atoms with Crippen molar-refractivity contribution in [1.82, 2.24) is 0 Å². The number of rotatable bonds is 0. The first-order valence-electron chi connectivity index (χ1n) is 4.51. The Balaban J connectivity index is -0.0000000443. The summed E-state index contributed by atoms with van der Waals surface area (Å²) in [4.78, 5) is 83.6. The van der Waals surface area contributed by atoms with Gasteiger partial charge in [0, 0.05) is 0 Å². The van der Waals surface area contributed by atoms with Crippen LogP contribution in [0.5, 0.6) is 0 Å². The first-order chi connectivity index (χ1) is 12.0. The minimum absolute atomic E-state index is 0. The van der Waals surface area contributed by atoms with E-state index in [-0.39, 0.29) is 24.0 Å². The van der Waals surface area contributed by atoms with Gasteiger partial charge in [-0.25, -0.2) is 27.4 Å². The van der Waals surface area contributed by atoms with Crippen LogP contribution in [0.3, 0.4) is 0 Å². The highest BCUT2D eigenvalue weighted by Crippen LogP contribution is 2.36. The highest BCUT2D eigenvalue weighted by molar-refractivity contribution is 14.0. The molecule has 0 atom stereocenters. The maximum absolute atomic E-state index is 10.4. The van der Waals surface area contributed by atoms with E-state index in [1.807, 2.05) is 0 Å². The van der Waals surface area contributed by atoms with Gasteiger partial charge >= 0.3 is 47.4 Å². The van der Waals surface area contributed by atoms with Crippen molar-refractivity contribution in [2.45, 2.75) is 0 Å². The van der Waals surface area contributed by atoms with E-state index in [1.165, 1.54) is 0 Å². The molecule has 0 unspecified atom stereocenters. The van der Waals surface area contributed by atoms with E-state index in [4.69, 9.17) is 86.1 Å². The standard InChI is InChI=1S/6FH2O3P.HI/c6*1-5(2,3)4;/h6*(H2,2,3,4);1H. The van der Waals surface area contributed by atoms with E-state index in [0.29, 0.717) is 0 Å². The van der Waals surface area contributed by atoms with Crippen LogP contribution in [0, 0.1) is 0 Å². The molecule has 0 radical (unpaired) electrons. The monoisotopic (exact) mass is 728 g/mol. The van der Waals surface area contributed by atoms with Gasteiger partial charge in [0.15, 0.2) is 0 Å². The molecule has 0 rings (SSSR count). The van der Waals surface area contributed by atoms with Gasteiger partial charge in [0.1, 0.15) is 0 Å². The summed E-state index contributed by atoms with van der Waals surface area (Å²) >= 11 is 0. The predicted molar refractivity (Wildman–Crippen MR) is 94.3 cm³/mol. The van der Waals surface area contributed by atoms with E-state index in [2.05, 4.69) is 0 Å². The van der Waals surface area contributed by atoms with Crippen molar-refractivity contribution >= 4 is 71.4 Å². The molecule has 0 bridgehead atoms. The molecule has 31 heteroatoms. The zero-order chi connectivity index (χ0) is 27.0. The molecule has 18 nitrogen and oxygen atoms in total. The summed E-state index contributed by atoms with van der Waals surface area (Å²) < 4.78 is 114. The third-order valence-corrected chi connectivity index (χ3v) is 0. The number of hydrogen-bond donors (Lipinski definition) is 12. The highest BCUT2D eigenvalue weighted by atomic mass is 127. The van der Waals surface area contributed by atoms with Crippen molar-refractivity contribution in [3.8, 4) is 0 Å². The Morgan fingerprint density at radius 3 is 0.290 bits per heavy atom. The normalized spacial score (nSPS) is 11.4. The van der Waals surface area contributed by atoms with Gasteiger partial charge in [-0.2, -0.15) is 0 Å². The lowest BCUT2D eigenvalue weighted by atomic mass is 15.8. The molecule has 0 aromatic rings. The van der Waals surface area contributed by atoms with Crippen LogP contribution in [-0.2, 0) is 27.4 Å². The lowest BCUT2D eigenvalue weighted by Gasteiger charge is -1.78. The first kappa shape index (κ1) is 49.4. The van der Waals surface area contributed by atoms with Crippen molar-refractivity contribution in [1.29, 1.82) is 0 Å². The maximum atomic E-state index is 10.4. The van der Waals surface area contributed by atoms with Gasteiger partial charge in [0.25, 0.3) is 0 Å². The van der Waals surface area contributed by atoms with Crippen LogP contribution in [-0.4, -0.2) is 58.7 Å². The molecule has 0 aromatic heterocycles. The zero-order valence-electron chi connectivity index (χ0n) is 13.2. The van der Waals surface area contributed by atoms with Crippen LogP contribution in [0.4, 0.5) is 25.2 Å². The van der Waals surface area contributed by atoms with Gasteiger partial charge < -0.3 is 0 Å². The van der Waals surface area contributed by atoms with Crippen LogP contribution in [0.2, 0.25) is 0 Å². The minimum Gasteiger partial charge on any atom is -0.299 e. The Morgan fingerprint density at radius 2 is 0.290 bits per heavy atom. The van der Waals surface area contributed by atoms with E-state index in [9.17, 15) is 25.2 Å². The summed E-state index contributed by atoms with van der Waals surface area (Å²) in [5, 5.41) is 0. The molecule has 0 aliphatic heterocycles. The molecule has 31 heavy (non-hydrogen) atoms. The minimum atomic E-state index is -5.14. The van der Waals surface area contributed by atoms with Gasteiger partial charge in [-0.15, -0.1) is 49.2 Å². The first-order valence-corrected chi connectivity index (χ1v) is 13.5. The van der Waals surface area contributed by atoms with Crippen molar-refractivity contribution in [2.75, 3.05) is 0 Å². The zero-order valence-corrected chi connectivity index (χ0v) is 20.9. The molecule has 0 aliphatic carbocycles. The lowest BCUT2D eigenvalue weighted by molar-refractivity contribution is 0.320. The molecule has 0 aromatic carbocycles. The summed E-state index contributed by atoms with van der Waals surface area (Å²) in [5.41, 5.74) is 0. The summed E-state index contributed by atoms with van der Waals surface area (Å²) in [6, 6.07) is 0. The predicted octanol–water partition coefficient (Wildman–Crippen LogP) is 0.910. The van der Waals surface area contributed by atoms with Gasteiger partial charge in [0.2, 0.25) is 0 Å². The van der Waals surface area contributed by atoms with E-state index >= 15 is 0 Å². The van der Waals surface area contributed by atoms with Gasteiger partial charge in [0.05, 0.1) is 0 Å². The summed E-state index contributed by atoms with van der Waals surface area (Å²) in [6.45, 7) is 0. The molecule has 0 amide bonds. The van der Waals surface area contributed by atoms with Crippen LogP contribution >= 0.6 is 71.4 Å². The van der Waals surface area contributed by atoms with Crippen LogP contribution in [0.1, 0.15) is 0 Å². The van der Waals surface area contributed by atoms with Crippen LogP contribution in [0.25, 0.3) is 0 Å². The fourth-order valence-electron chi connectivity index (χ4n) is 0. The third-order valence-electron chi connectivity index (χ3n) is 0. The summed E-state index contributed by atoms with van der Waals surface area (Å²) in [7, 11) is -30.8. The topological polar surface area (TPSA) is 345 Å². The van der Waals surface area contributed by atoms with E-state index in [1.54, 1.807) is 0 Å². The fraction of sp³-hybridized carbons (Fsp3) is 0. The van der Waals surface area contributed by atoms with E-state index < -0.39 is 47.4 Å². The number of hydrogen-bond acceptors (Lipinski definition) is 6. The fourth-order valence-corrected chi connectivity index (χ4v) is 0. The molecular formula is H13F6IO18P6. The molecule has 0 saturated carbocycles. The SMILES string of the molecule is I.O=P(O)(O)F.O=P(O)(O)F.O=P(O)(O)F.O=P(O)(O)F.O=P(O)(O)F.O=P(O)(O)F. The van der Waals surface area contributed by atoms with Gasteiger partial charge in [-0.05, 0) is 0 Å². The maximum Gasteiger partial charge on any atom is 0.507 e. The molecule has 12 N–H and O–H groups in total. The second-order valence-corrected chi connectivity index (χ2v) is 8.51. The van der Waals surface area contributed by atoms with Gasteiger partial charge in [-0.3, -0.25) is 58.7 Å². The van der Waals surface area contributed by atoms with Crippen molar-refractivity contribution in [2.24, 2.45) is 0 Å². The highest BCUT2D eigenvalue weighted by Gasteiger charge is 2.06. The molecule has 0 spiro atoms. The second kappa shape index (κ2) is 20.6. The molecular weight excluding hydrogens is 715 g/mol. The largest absolute Gasteiger partial charge is 0.507 e. The number of halogens is 7. The smallest absolute Gasteiger partial charge is 0.299 e. The van der Waals surface area contributed by atoms with E-state index in [0.717, 1.165) is 0 Å². The van der Waals surface area contributed by atoms with Gasteiger partial charge in [-0.1, -0.05) is 0 Å². The molecule has 0 saturated heterocycles. The van der Waals surface area contributed by atoms with Crippen molar-refractivity contribution in [3.05, 3.63) is 0 Å². The second-order valence-electron chi connectivity index (χ2n) is 2.84. The summed E-state index contributed by atoms with van der Waals surface area (Å²) in [6.07, 6.45) is 0. The summed E-state index contributed by atoms with van der Waals surface area (Å²) in [5.74, 6) is 0. The van der Waals surface area contributed by atoms with Crippen LogP contribution in [0.15, 0.2) is 0 Å². The molecule has 0 fully saturated rings. The average Bonchev–Trinajstić information content (AvgIpc) is 1.94. The molecule has 200 valence electrons.